The van der Waals surface area contributed by atoms with Crippen LogP contribution in [0.2, 0.25) is 0 Å². The second-order valence-electron chi connectivity index (χ2n) is 12.9. The maximum Gasteiger partial charge on any atom is 0.0478 e. The Hall–Kier alpha value is -0.380. The van der Waals surface area contributed by atoms with Gasteiger partial charge < -0.3 is 11.5 Å². The highest BCUT2D eigenvalue weighted by molar-refractivity contribution is 9.10. The average molecular weight is 544 g/mol. The first-order chi connectivity index (χ1) is 17.1. The Morgan fingerprint density at radius 3 is 1.00 bits per heavy atom. The highest BCUT2D eigenvalue weighted by atomic mass is 79.9. The summed E-state index contributed by atoms with van der Waals surface area (Å²) >= 11 is 4.26. The zero-order valence-corrected chi connectivity index (χ0v) is 23.8. The van der Waals surface area contributed by atoms with Crippen LogP contribution in [0.3, 0.4) is 0 Å². The number of nitrogens with two attached hydrogens (primary N) is 2. The van der Waals surface area contributed by atoms with Gasteiger partial charge in [-0.3, -0.25) is 0 Å². The van der Waals surface area contributed by atoms with Gasteiger partial charge in [0.25, 0.3) is 0 Å². The number of halogens is 1. The summed E-state index contributed by atoms with van der Waals surface area (Å²) in [7, 11) is 0. The molecule has 1 aromatic carbocycles. The first-order valence-corrected chi connectivity index (χ1v) is 16.2. The van der Waals surface area contributed by atoms with Gasteiger partial charge in [0.2, 0.25) is 0 Å². The molecule has 0 spiro atoms. The van der Waals surface area contributed by atoms with E-state index in [1.54, 1.807) is 0 Å². The molecule has 0 saturated heterocycles. The average Bonchev–Trinajstić information content (AvgIpc) is 2.94. The molecular weight excluding hydrogens is 492 g/mol. The Morgan fingerprint density at radius 1 is 0.486 bits per heavy atom. The topological polar surface area (TPSA) is 52.0 Å². The van der Waals surface area contributed by atoms with E-state index < -0.39 is 0 Å². The van der Waals surface area contributed by atoms with Crippen LogP contribution in [0.5, 0.6) is 0 Å². The van der Waals surface area contributed by atoms with Crippen molar-refractivity contribution >= 4 is 15.9 Å². The molecule has 2 nitrogen and oxygen atoms in total. The molecule has 0 aliphatic heterocycles. The second-order valence-corrected chi connectivity index (χ2v) is 13.7. The summed E-state index contributed by atoms with van der Waals surface area (Å²) in [6.45, 7) is 0. The molecule has 4 aliphatic rings. The smallest absolute Gasteiger partial charge is 0.0478 e. The number of hydrogen-bond donors (Lipinski definition) is 2. The lowest BCUT2D eigenvalue weighted by Crippen LogP contribution is -2.54. The van der Waals surface area contributed by atoms with Gasteiger partial charge in [0.05, 0.1) is 0 Å². The molecule has 196 valence electrons. The predicted molar refractivity (Wildman–Crippen MR) is 152 cm³/mol. The Morgan fingerprint density at radius 2 is 0.743 bits per heavy atom. The Labute approximate surface area is 223 Å². The van der Waals surface area contributed by atoms with Gasteiger partial charge in [-0.05, 0) is 86.2 Å². The fourth-order valence-electron chi connectivity index (χ4n) is 9.07. The summed E-state index contributed by atoms with van der Waals surface area (Å²) < 4.78 is 1.29. The van der Waals surface area contributed by atoms with E-state index in [0.29, 0.717) is 23.7 Å². The van der Waals surface area contributed by atoms with Crippen molar-refractivity contribution < 1.29 is 0 Å². The van der Waals surface area contributed by atoms with E-state index >= 15 is 0 Å². The fourth-order valence-corrected chi connectivity index (χ4v) is 10.0. The Bertz CT molecular complexity index is 711. The van der Waals surface area contributed by atoms with E-state index in [9.17, 15) is 0 Å². The van der Waals surface area contributed by atoms with Crippen LogP contribution in [0.15, 0.2) is 22.7 Å². The molecule has 0 atom stereocenters. The molecule has 0 radical (unpaired) electrons. The van der Waals surface area contributed by atoms with Crippen LogP contribution in [0, 0.1) is 23.7 Å². The first-order valence-electron chi connectivity index (χ1n) is 15.4. The third-order valence-electron chi connectivity index (χ3n) is 11.1. The van der Waals surface area contributed by atoms with Gasteiger partial charge in [0, 0.05) is 15.6 Å². The van der Waals surface area contributed by atoms with Gasteiger partial charge in [-0.25, -0.2) is 0 Å². The lowest BCUT2D eigenvalue weighted by Gasteiger charge is -2.50. The van der Waals surface area contributed by atoms with Gasteiger partial charge in [0.1, 0.15) is 0 Å². The van der Waals surface area contributed by atoms with Crippen LogP contribution in [0.4, 0.5) is 0 Å². The fraction of sp³-hybridized carbons (Fsp3) is 0.812. The van der Waals surface area contributed by atoms with Crippen molar-refractivity contribution in [1.82, 2.24) is 0 Å². The molecule has 0 unspecified atom stereocenters. The minimum absolute atomic E-state index is 0.226. The van der Waals surface area contributed by atoms with E-state index in [1.165, 1.54) is 144 Å². The molecular formula is C32H51BrN2. The van der Waals surface area contributed by atoms with E-state index in [1.807, 2.05) is 0 Å². The molecule has 4 N–H and O–H groups in total. The highest BCUT2D eigenvalue weighted by Gasteiger charge is 2.49. The van der Waals surface area contributed by atoms with E-state index in [-0.39, 0.29) is 11.1 Å². The SMILES string of the molecule is NC(c1cccc(C(N)(C2CCCCC2)C2CCCCC2)c1Br)(C1CCCCC1)C1CCCCC1. The second kappa shape index (κ2) is 11.6. The van der Waals surface area contributed by atoms with Crippen molar-refractivity contribution in [3.63, 3.8) is 0 Å². The molecule has 1 aromatic rings. The van der Waals surface area contributed by atoms with Crippen LogP contribution in [-0.2, 0) is 11.1 Å². The van der Waals surface area contributed by atoms with E-state index in [2.05, 4.69) is 34.1 Å². The number of hydrogen-bond acceptors (Lipinski definition) is 2. The van der Waals surface area contributed by atoms with Crippen LogP contribution in [0.1, 0.15) is 140 Å². The zero-order valence-electron chi connectivity index (χ0n) is 22.2. The summed E-state index contributed by atoms with van der Waals surface area (Å²) in [5, 5.41) is 0. The molecule has 0 bridgehead atoms. The molecule has 0 amide bonds. The van der Waals surface area contributed by atoms with Crippen molar-refractivity contribution in [2.24, 2.45) is 35.1 Å². The summed E-state index contributed by atoms with van der Waals surface area (Å²) in [5.41, 5.74) is 17.9. The molecule has 35 heavy (non-hydrogen) atoms. The largest absolute Gasteiger partial charge is 0.321 e. The Kier molecular flexibility index (Phi) is 8.67. The lowest BCUT2D eigenvalue weighted by molar-refractivity contribution is 0.0968. The molecule has 0 heterocycles. The maximum atomic E-state index is 7.77. The summed E-state index contributed by atoms with van der Waals surface area (Å²) in [4.78, 5) is 0. The molecule has 0 aromatic heterocycles. The van der Waals surface area contributed by atoms with E-state index in [4.69, 9.17) is 11.5 Å². The van der Waals surface area contributed by atoms with Crippen LogP contribution >= 0.6 is 15.9 Å². The van der Waals surface area contributed by atoms with Gasteiger partial charge in [0.15, 0.2) is 0 Å². The van der Waals surface area contributed by atoms with Crippen LogP contribution in [0.25, 0.3) is 0 Å². The van der Waals surface area contributed by atoms with Crippen molar-refractivity contribution in [2.45, 2.75) is 139 Å². The van der Waals surface area contributed by atoms with Crippen molar-refractivity contribution in [3.8, 4) is 0 Å². The van der Waals surface area contributed by atoms with Crippen LogP contribution < -0.4 is 11.5 Å². The van der Waals surface area contributed by atoms with Gasteiger partial charge in [-0.2, -0.15) is 0 Å². The third-order valence-corrected chi connectivity index (χ3v) is 11.9. The maximum absolute atomic E-state index is 7.77. The predicted octanol–water partition coefficient (Wildman–Crippen LogP) is 9.08. The normalized spacial score (nSPS) is 25.1. The quantitative estimate of drug-likeness (QED) is 0.376. The number of benzene rings is 1. The van der Waals surface area contributed by atoms with Gasteiger partial charge >= 0.3 is 0 Å². The van der Waals surface area contributed by atoms with E-state index in [0.717, 1.165) is 0 Å². The monoisotopic (exact) mass is 542 g/mol. The highest BCUT2D eigenvalue weighted by Crippen LogP contribution is 2.53. The zero-order chi connectivity index (χ0) is 24.3. The lowest BCUT2D eigenvalue weighted by atomic mass is 9.59. The third kappa shape index (κ3) is 5.05. The first kappa shape index (κ1) is 26.2. The molecule has 3 heteroatoms. The molecule has 4 saturated carbocycles. The van der Waals surface area contributed by atoms with Crippen LogP contribution in [-0.4, -0.2) is 0 Å². The summed E-state index contributed by atoms with van der Waals surface area (Å²) in [6, 6.07) is 7.11. The van der Waals surface area contributed by atoms with Crippen molar-refractivity contribution in [1.29, 1.82) is 0 Å². The van der Waals surface area contributed by atoms with Crippen molar-refractivity contribution in [3.05, 3.63) is 33.8 Å². The van der Waals surface area contributed by atoms with Gasteiger partial charge in [-0.15, -0.1) is 0 Å². The molecule has 4 aliphatic carbocycles. The standard InChI is InChI=1S/C32H51BrN2/c33-30-28(31(34,24-14-5-1-6-15-24)25-16-7-2-8-17-25)22-13-23-29(30)32(35,26-18-9-3-10-19-26)27-20-11-4-12-21-27/h13,22-27H,1-12,14-21,34-35H2. The minimum Gasteiger partial charge on any atom is -0.321 e. The summed E-state index contributed by atoms with van der Waals surface area (Å²) in [5.74, 6) is 2.40. The van der Waals surface area contributed by atoms with Gasteiger partial charge in [-0.1, -0.05) is 111 Å². The minimum atomic E-state index is -0.226. The molecule has 5 rings (SSSR count). The molecule has 4 fully saturated rings. The summed E-state index contributed by atoms with van der Waals surface area (Å²) in [6.07, 6.45) is 26.7. The Balaban J connectivity index is 1.59. The number of rotatable bonds is 6. The van der Waals surface area contributed by atoms with Crippen molar-refractivity contribution in [2.75, 3.05) is 0 Å².